The molecule has 1 heterocycles. The number of aliphatic hydroxyl groups excluding tert-OH is 1. The zero-order valence-electron chi connectivity index (χ0n) is 9.75. The topological polar surface area (TPSA) is 67.6 Å². The Morgan fingerprint density at radius 1 is 1.69 bits per heavy atom. The fraction of sp³-hybridized carbons (Fsp3) is 0.600. The average molecular weight is 227 g/mol. The predicted molar refractivity (Wildman–Crippen MR) is 58.4 cm³/mol. The van der Waals surface area contributed by atoms with Gasteiger partial charge in [0.1, 0.15) is 5.69 Å². The highest BCUT2D eigenvalue weighted by Crippen LogP contribution is 2.23. The van der Waals surface area contributed by atoms with Crippen LogP contribution >= 0.6 is 0 Å². The number of likely N-dealkylation sites (N-methyl/N-ethyl adjacent to an activating group) is 1. The fourth-order valence-electron chi connectivity index (χ4n) is 1.37. The smallest absolute Gasteiger partial charge is 0.163 e. The van der Waals surface area contributed by atoms with Crippen molar-refractivity contribution in [2.45, 2.75) is 12.6 Å². The van der Waals surface area contributed by atoms with E-state index in [1.54, 1.807) is 4.68 Å². The molecular formula is C10H17N3O3. The standard InChI is InChI=1S/C10H17N3O3/c1-12(2)4-5-13-10(8(15)7-14)9(16-3)6-11-13/h6-8,15H,4-5H2,1-3H3. The summed E-state index contributed by atoms with van der Waals surface area (Å²) in [6.45, 7) is 1.36. The lowest BCUT2D eigenvalue weighted by Gasteiger charge is -2.13. The minimum atomic E-state index is -1.19. The van der Waals surface area contributed by atoms with Crippen LogP contribution in [-0.2, 0) is 11.3 Å². The summed E-state index contributed by atoms with van der Waals surface area (Å²) in [6.07, 6.45) is 0.767. The minimum Gasteiger partial charge on any atom is -0.493 e. The van der Waals surface area contributed by atoms with Gasteiger partial charge in [-0.3, -0.25) is 4.68 Å². The third-order valence-corrected chi connectivity index (χ3v) is 2.23. The number of hydrogen-bond acceptors (Lipinski definition) is 5. The van der Waals surface area contributed by atoms with Crippen molar-refractivity contribution in [3.05, 3.63) is 11.9 Å². The predicted octanol–water partition coefficient (Wildman–Crippen LogP) is -0.314. The molecule has 16 heavy (non-hydrogen) atoms. The van der Waals surface area contributed by atoms with Crippen LogP contribution in [0.15, 0.2) is 6.20 Å². The van der Waals surface area contributed by atoms with Gasteiger partial charge in [-0.15, -0.1) is 0 Å². The molecular weight excluding hydrogens is 210 g/mol. The molecule has 1 rings (SSSR count). The van der Waals surface area contributed by atoms with Gasteiger partial charge in [0.2, 0.25) is 0 Å². The van der Waals surface area contributed by atoms with Crippen LogP contribution in [0, 0.1) is 0 Å². The van der Waals surface area contributed by atoms with E-state index in [-0.39, 0.29) is 0 Å². The quantitative estimate of drug-likeness (QED) is 0.675. The highest BCUT2D eigenvalue weighted by Gasteiger charge is 2.19. The normalized spacial score (nSPS) is 12.8. The number of aldehydes is 1. The van der Waals surface area contributed by atoms with E-state index in [2.05, 4.69) is 5.10 Å². The number of methoxy groups -OCH3 is 1. The molecule has 6 nitrogen and oxygen atoms in total. The van der Waals surface area contributed by atoms with E-state index >= 15 is 0 Å². The number of carbonyl (C=O) groups is 1. The first kappa shape index (κ1) is 12.7. The van der Waals surface area contributed by atoms with Crippen LogP contribution < -0.4 is 4.74 Å². The maximum absolute atomic E-state index is 10.6. The lowest BCUT2D eigenvalue weighted by molar-refractivity contribution is -0.115. The number of aromatic nitrogens is 2. The molecule has 90 valence electrons. The maximum Gasteiger partial charge on any atom is 0.163 e. The van der Waals surface area contributed by atoms with Gasteiger partial charge in [0.05, 0.1) is 19.9 Å². The first-order valence-electron chi connectivity index (χ1n) is 4.98. The van der Waals surface area contributed by atoms with Gasteiger partial charge in [-0.1, -0.05) is 0 Å². The molecule has 1 aromatic rings. The maximum atomic E-state index is 10.6. The van der Waals surface area contributed by atoms with Crippen molar-refractivity contribution < 1.29 is 14.6 Å². The summed E-state index contributed by atoms with van der Waals surface area (Å²) < 4.78 is 6.62. The van der Waals surface area contributed by atoms with E-state index in [1.807, 2.05) is 19.0 Å². The highest BCUT2D eigenvalue weighted by atomic mass is 16.5. The molecule has 0 aliphatic heterocycles. The second-order valence-electron chi connectivity index (χ2n) is 3.71. The lowest BCUT2D eigenvalue weighted by Crippen LogP contribution is -2.21. The molecule has 1 N–H and O–H groups in total. The monoisotopic (exact) mass is 227 g/mol. The van der Waals surface area contributed by atoms with E-state index in [9.17, 15) is 9.90 Å². The van der Waals surface area contributed by atoms with Gasteiger partial charge in [0, 0.05) is 6.54 Å². The number of carbonyl (C=O) groups excluding carboxylic acids is 1. The van der Waals surface area contributed by atoms with Crippen molar-refractivity contribution >= 4 is 6.29 Å². The second-order valence-corrected chi connectivity index (χ2v) is 3.71. The van der Waals surface area contributed by atoms with E-state index < -0.39 is 6.10 Å². The molecule has 0 fully saturated rings. The summed E-state index contributed by atoms with van der Waals surface area (Å²) in [6, 6.07) is 0. The van der Waals surface area contributed by atoms with Gasteiger partial charge < -0.3 is 19.5 Å². The van der Waals surface area contributed by atoms with Crippen molar-refractivity contribution in [2.24, 2.45) is 0 Å². The SMILES string of the molecule is COc1cnn(CCN(C)C)c1C(O)C=O. The molecule has 0 saturated carbocycles. The van der Waals surface area contributed by atoms with Gasteiger partial charge in [-0.25, -0.2) is 0 Å². The largest absolute Gasteiger partial charge is 0.493 e. The van der Waals surface area contributed by atoms with E-state index in [1.165, 1.54) is 13.3 Å². The molecule has 1 atom stereocenters. The first-order valence-corrected chi connectivity index (χ1v) is 4.98. The Bertz CT molecular complexity index is 349. The van der Waals surface area contributed by atoms with E-state index in [0.717, 1.165) is 6.54 Å². The van der Waals surface area contributed by atoms with Crippen LogP contribution in [-0.4, -0.2) is 53.8 Å². The van der Waals surface area contributed by atoms with Crippen LogP contribution in [0.25, 0.3) is 0 Å². The molecule has 0 amide bonds. The van der Waals surface area contributed by atoms with Gasteiger partial charge in [-0.05, 0) is 14.1 Å². The summed E-state index contributed by atoms with van der Waals surface area (Å²) in [7, 11) is 5.36. The van der Waals surface area contributed by atoms with Crippen LogP contribution in [0.5, 0.6) is 5.75 Å². The molecule has 0 saturated heterocycles. The van der Waals surface area contributed by atoms with Gasteiger partial charge in [0.15, 0.2) is 18.1 Å². The fourth-order valence-corrected chi connectivity index (χ4v) is 1.37. The van der Waals surface area contributed by atoms with Crippen LogP contribution in [0.3, 0.4) is 0 Å². The van der Waals surface area contributed by atoms with Crippen LogP contribution in [0.1, 0.15) is 11.8 Å². The zero-order valence-corrected chi connectivity index (χ0v) is 9.75. The summed E-state index contributed by atoms with van der Waals surface area (Å²) >= 11 is 0. The van der Waals surface area contributed by atoms with E-state index in [4.69, 9.17) is 4.74 Å². The van der Waals surface area contributed by atoms with Crippen molar-refractivity contribution in [1.29, 1.82) is 0 Å². The Morgan fingerprint density at radius 2 is 2.38 bits per heavy atom. The van der Waals surface area contributed by atoms with Gasteiger partial charge >= 0.3 is 0 Å². The third kappa shape index (κ3) is 2.80. The van der Waals surface area contributed by atoms with Crippen molar-refractivity contribution in [2.75, 3.05) is 27.7 Å². The number of rotatable bonds is 6. The van der Waals surface area contributed by atoms with Crippen molar-refractivity contribution in [1.82, 2.24) is 14.7 Å². The van der Waals surface area contributed by atoms with Crippen LogP contribution in [0.4, 0.5) is 0 Å². The molecule has 6 heteroatoms. The summed E-state index contributed by atoms with van der Waals surface area (Å²) in [5, 5.41) is 13.6. The van der Waals surface area contributed by atoms with Crippen LogP contribution in [0.2, 0.25) is 0 Å². The zero-order chi connectivity index (χ0) is 12.1. The Morgan fingerprint density at radius 3 is 2.88 bits per heavy atom. The lowest BCUT2D eigenvalue weighted by atomic mass is 10.2. The average Bonchev–Trinajstić information content (AvgIpc) is 2.68. The second kappa shape index (κ2) is 5.62. The molecule has 0 aliphatic rings. The minimum absolute atomic E-state index is 0.402. The Kier molecular flexibility index (Phi) is 4.45. The molecule has 1 unspecified atom stereocenters. The first-order chi connectivity index (χ1) is 7.60. The summed E-state index contributed by atoms with van der Waals surface area (Å²) in [4.78, 5) is 12.6. The third-order valence-electron chi connectivity index (χ3n) is 2.23. The highest BCUT2D eigenvalue weighted by molar-refractivity contribution is 5.60. The number of ether oxygens (including phenoxy) is 1. The van der Waals surface area contributed by atoms with Gasteiger partial charge in [-0.2, -0.15) is 5.10 Å². The number of nitrogens with zero attached hydrogens (tertiary/aromatic N) is 3. The van der Waals surface area contributed by atoms with Crippen molar-refractivity contribution in [3.8, 4) is 5.75 Å². The summed E-state index contributed by atoms with van der Waals surface area (Å²) in [5.41, 5.74) is 0.402. The molecule has 1 aromatic heterocycles. The molecule has 0 aromatic carbocycles. The van der Waals surface area contributed by atoms with Crippen molar-refractivity contribution in [3.63, 3.8) is 0 Å². The Balaban J connectivity index is 2.90. The summed E-state index contributed by atoms with van der Waals surface area (Å²) in [5.74, 6) is 0.429. The molecule has 0 radical (unpaired) electrons. The van der Waals surface area contributed by atoms with Gasteiger partial charge in [0.25, 0.3) is 0 Å². The van der Waals surface area contributed by atoms with E-state index in [0.29, 0.717) is 24.3 Å². The molecule has 0 aliphatic carbocycles. The Hall–Kier alpha value is -1.40. The number of aliphatic hydroxyl groups is 1. The number of hydrogen-bond donors (Lipinski definition) is 1. The Labute approximate surface area is 94.4 Å². The molecule has 0 bridgehead atoms. The molecule has 0 spiro atoms.